The van der Waals surface area contributed by atoms with Crippen molar-refractivity contribution in [2.45, 2.75) is 70.6 Å². The van der Waals surface area contributed by atoms with E-state index in [2.05, 4.69) is 16.0 Å². The summed E-state index contributed by atoms with van der Waals surface area (Å²) in [6.07, 6.45) is 6.92. The van der Waals surface area contributed by atoms with Gasteiger partial charge in [0.05, 0.1) is 5.56 Å². The number of ether oxygens (including phenoxy) is 1. The summed E-state index contributed by atoms with van der Waals surface area (Å²) in [6, 6.07) is 6.50. The van der Waals surface area contributed by atoms with E-state index in [4.69, 9.17) is 10.00 Å². The normalized spacial score (nSPS) is 29.9. The molecule has 6 heteroatoms. The molecule has 1 spiro atoms. The highest BCUT2D eigenvalue weighted by atomic mass is 16.6. The first-order chi connectivity index (χ1) is 12.8. The lowest BCUT2D eigenvalue weighted by Crippen LogP contribution is -2.52. The molecule has 1 aromatic heterocycles. The predicted molar refractivity (Wildman–Crippen MR) is 102 cm³/mol. The standard InChI is InChI=1S/C21H28N4O2/c1-20(2,3)27-19(26)25-16-5-6-17(25)11-21(10-16)8-9-24(14-21)18-7-4-15(12-22)13-23-18/h4,7,13,16-17H,5-6,8-11,14H2,1-3H3. The van der Waals surface area contributed by atoms with Gasteiger partial charge in [-0.2, -0.15) is 5.26 Å². The van der Waals surface area contributed by atoms with Gasteiger partial charge in [-0.15, -0.1) is 0 Å². The van der Waals surface area contributed by atoms with Gasteiger partial charge < -0.3 is 14.5 Å². The molecule has 4 rings (SSSR count). The molecule has 2 bridgehead atoms. The molecule has 1 amide bonds. The molecule has 0 radical (unpaired) electrons. The topological polar surface area (TPSA) is 69.5 Å². The van der Waals surface area contributed by atoms with Crippen molar-refractivity contribution in [1.29, 1.82) is 5.26 Å². The number of aromatic nitrogens is 1. The number of nitriles is 1. The number of piperidine rings is 1. The van der Waals surface area contributed by atoms with Gasteiger partial charge in [0.1, 0.15) is 17.5 Å². The van der Waals surface area contributed by atoms with Crippen LogP contribution in [0, 0.1) is 16.7 Å². The molecule has 0 N–H and O–H groups in total. The van der Waals surface area contributed by atoms with Crippen LogP contribution in [0.5, 0.6) is 0 Å². The smallest absolute Gasteiger partial charge is 0.410 e. The first-order valence-corrected chi connectivity index (χ1v) is 9.91. The van der Waals surface area contributed by atoms with Gasteiger partial charge >= 0.3 is 6.09 Å². The summed E-state index contributed by atoms with van der Waals surface area (Å²) in [6.45, 7) is 7.76. The second-order valence-corrected chi connectivity index (χ2v) is 9.37. The van der Waals surface area contributed by atoms with Gasteiger partial charge in [0.25, 0.3) is 0 Å². The average molecular weight is 368 g/mol. The van der Waals surface area contributed by atoms with Gasteiger partial charge in [0.2, 0.25) is 0 Å². The molecule has 144 valence electrons. The molecule has 1 aromatic rings. The van der Waals surface area contributed by atoms with Gasteiger partial charge in [-0.3, -0.25) is 0 Å². The Morgan fingerprint density at radius 1 is 1.30 bits per heavy atom. The third kappa shape index (κ3) is 3.47. The lowest BCUT2D eigenvalue weighted by atomic mass is 9.74. The second kappa shape index (κ2) is 6.40. The number of carbonyl (C=O) groups excluding carboxylic acids is 1. The van der Waals surface area contributed by atoms with Crippen molar-refractivity contribution < 1.29 is 9.53 Å². The van der Waals surface area contributed by atoms with Gasteiger partial charge in [-0.05, 0) is 70.4 Å². The molecule has 2 unspecified atom stereocenters. The van der Waals surface area contributed by atoms with Crippen molar-refractivity contribution in [2.24, 2.45) is 5.41 Å². The molecule has 3 saturated heterocycles. The number of hydrogen-bond acceptors (Lipinski definition) is 5. The van der Waals surface area contributed by atoms with Crippen LogP contribution in [0.1, 0.15) is 58.4 Å². The average Bonchev–Trinajstić information content (AvgIpc) is 3.13. The molecule has 0 saturated carbocycles. The number of hydrogen-bond donors (Lipinski definition) is 0. The van der Waals surface area contributed by atoms with E-state index in [0.717, 1.165) is 51.0 Å². The zero-order chi connectivity index (χ0) is 19.2. The Hall–Kier alpha value is -2.29. The highest BCUT2D eigenvalue weighted by molar-refractivity contribution is 5.69. The number of nitrogens with zero attached hydrogens (tertiary/aromatic N) is 4. The van der Waals surface area contributed by atoms with E-state index in [1.807, 2.05) is 37.8 Å². The number of pyridine rings is 1. The van der Waals surface area contributed by atoms with E-state index in [9.17, 15) is 4.79 Å². The van der Waals surface area contributed by atoms with Crippen molar-refractivity contribution >= 4 is 11.9 Å². The van der Waals surface area contributed by atoms with Gasteiger partial charge in [0, 0.05) is 31.4 Å². The van der Waals surface area contributed by atoms with E-state index in [1.165, 1.54) is 0 Å². The third-order valence-electron chi connectivity index (χ3n) is 6.20. The van der Waals surface area contributed by atoms with E-state index >= 15 is 0 Å². The Morgan fingerprint density at radius 3 is 2.56 bits per heavy atom. The number of rotatable bonds is 1. The maximum absolute atomic E-state index is 12.7. The first kappa shape index (κ1) is 18.1. The Bertz CT molecular complexity index is 748. The summed E-state index contributed by atoms with van der Waals surface area (Å²) in [5.41, 5.74) is 0.410. The highest BCUT2D eigenvalue weighted by Gasteiger charge is 2.53. The molecule has 0 aliphatic carbocycles. The monoisotopic (exact) mass is 368 g/mol. The molecular weight excluding hydrogens is 340 g/mol. The number of carbonyl (C=O) groups is 1. The zero-order valence-electron chi connectivity index (χ0n) is 16.4. The summed E-state index contributed by atoms with van der Waals surface area (Å²) in [4.78, 5) is 21.5. The van der Waals surface area contributed by atoms with Crippen molar-refractivity contribution in [2.75, 3.05) is 18.0 Å². The lowest BCUT2D eigenvalue weighted by Gasteiger charge is -2.44. The van der Waals surface area contributed by atoms with E-state index in [-0.39, 0.29) is 11.5 Å². The summed E-state index contributed by atoms with van der Waals surface area (Å²) in [7, 11) is 0. The van der Waals surface area contributed by atoms with E-state index in [1.54, 1.807) is 6.20 Å². The molecule has 0 aromatic carbocycles. The van der Waals surface area contributed by atoms with Crippen LogP contribution in [-0.2, 0) is 4.74 Å². The minimum Gasteiger partial charge on any atom is -0.444 e. The maximum atomic E-state index is 12.7. The van der Waals surface area contributed by atoms with Crippen molar-refractivity contribution in [1.82, 2.24) is 9.88 Å². The van der Waals surface area contributed by atoms with Gasteiger partial charge in [-0.25, -0.2) is 9.78 Å². The minimum atomic E-state index is -0.447. The maximum Gasteiger partial charge on any atom is 0.410 e. The van der Waals surface area contributed by atoms with Crippen LogP contribution in [0.15, 0.2) is 18.3 Å². The van der Waals surface area contributed by atoms with Crippen LogP contribution in [0.4, 0.5) is 10.6 Å². The number of amides is 1. The summed E-state index contributed by atoms with van der Waals surface area (Å²) < 4.78 is 5.66. The molecule has 27 heavy (non-hydrogen) atoms. The van der Waals surface area contributed by atoms with Gasteiger partial charge in [-0.1, -0.05) is 0 Å². The molecule has 2 atom stereocenters. The molecule has 3 aliphatic rings. The molecule has 4 heterocycles. The summed E-state index contributed by atoms with van der Waals surface area (Å²) in [5, 5.41) is 8.95. The Kier molecular flexibility index (Phi) is 4.29. The lowest BCUT2D eigenvalue weighted by molar-refractivity contribution is -0.00866. The Balaban J connectivity index is 1.45. The van der Waals surface area contributed by atoms with E-state index < -0.39 is 5.60 Å². The SMILES string of the molecule is CC(C)(C)OC(=O)N1C2CCC1CC1(CCN(c3ccc(C#N)cn3)C1)C2. The fourth-order valence-electron chi connectivity index (χ4n) is 5.16. The van der Waals surface area contributed by atoms with Crippen LogP contribution in [0.3, 0.4) is 0 Å². The van der Waals surface area contributed by atoms with Crippen molar-refractivity contribution in [3.05, 3.63) is 23.9 Å². The number of fused-ring (bicyclic) bond motifs is 2. The van der Waals surface area contributed by atoms with Crippen LogP contribution < -0.4 is 4.90 Å². The molecule has 3 aliphatic heterocycles. The first-order valence-electron chi connectivity index (χ1n) is 9.91. The van der Waals surface area contributed by atoms with Crippen LogP contribution in [0.25, 0.3) is 0 Å². The van der Waals surface area contributed by atoms with Crippen molar-refractivity contribution in [3.8, 4) is 6.07 Å². The van der Waals surface area contributed by atoms with Gasteiger partial charge in [0.15, 0.2) is 0 Å². The Labute approximate surface area is 161 Å². The Morgan fingerprint density at radius 2 is 2.00 bits per heavy atom. The van der Waals surface area contributed by atoms with Crippen LogP contribution in [-0.4, -0.2) is 46.8 Å². The van der Waals surface area contributed by atoms with Crippen LogP contribution >= 0.6 is 0 Å². The predicted octanol–water partition coefficient (Wildman–Crippen LogP) is 3.71. The quantitative estimate of drug-likeness (QED) is 0.756. The third-order valence-corrected chi connectivity index (χ3v) is 6.20. The fourth-order valence-corrected chi connectivity index (χ4v) is 5.16. The molecular formula is C21H28N4O2. The van der Waals surface area contributed by atoms with Crippen molar-refractivity contribution in [3.63, 3.8) is 0 Å². The zero-order valence-corrected chi connectivity index (χ0v) is 16.4. The fraction of sp³-hybridized carbons (Fsp3) is 0.667. The molecule has 3 fully saturated rings. The second-order valence-electron chi connectivity index (χ2n) is 9.37. The highest BCUT2D eigenvalue weighted by Crippen LogP contribution is 2.51. The van der Waals surface area contributed by atoms with E-state index in [0.29, 0.717) is 17.6 Å². The largest absolute Gasteiger partial charge is 0.444 e. The summed E-state index contributed by atoms with van der Waals surface area (Å²) in [5.74, 6) is 0.952. The minimum absolute atomic E-state index is 0.145. The summed E-state index contributed by atoms with van der Waals surface area (Å²) >= 11 is 0. The number of anilines is 1. The van der Waals surface area contributed by atoms with Crippen LogP contribution in [0.2, 0.25) is 0 Å². The molecule has 6 nitrogen and oxygen atoms in total.